The highest BCUT2D eigenvalue weighted by Gasteiger charge is 2.32. The third-order valence-corrected chi connectivity index (χ3v) is 4.31. The highest BCUT2D eigenvalue weighted by Crippen LogP contribution is 2.31. The zero-order valence-corrected chi connectivity index (χ0v) is 16.2. The zero-order valence-electron chi connectivity index (χ0n) is 16.2. The van der Waals surface area contributed by atoms with E-state index in [2.05, 4.69) is 15.6 Å². The van der Waals surface area contributed by atoms with Crippen LogP contribution in [0.1, 0.15) is 27.0 Å². The minimum Gasteiger partial charge on any atom is -0.348 e. The Kier molecular flexibility index (Phi) is 6.81. The van der Waals surface area contributed by atoms with Gasteiger partial charge >= 0.3 is 6.18 Å². The van der Waals surface area contributed by atoms with Gasteiger partial charge < -0.3 is 10.6 Å². The van der Waals surface area contributed by atoms with Crippen molar-refractivity contribution in [2.75, 3.05) is 5.32 Å². The molecule has 1 aromatic heterocycles. The van der Waals surface area contributed by atoms with Gasteiger partial charge in [-0.25, -0.2) is 0 Å². The summed E-state index contributed by atoms with van der Waals surface area (Å²) in [6, 6.07) is 14.6. The predicted molar refractivity (Wildman–Crippen MR) is 111 cm³/mol. The third-order valence-electron chi connectivity index (χ3n) is 4.31. The number of nitrogens with one attached hydrogen (secondary N) is 2. The van der Waals surface area contributed by atoms with Crippen LogP contribution in [-0.2, 0) is 17.5 Å². The van der Waals surface area contributed by atoms with Crippen LogP contribution in [0, 0.1) is 0 Å². The molecule has 0 aliphatic heterocycles. The van der Waals surface area contributed by atoms with E-state index in [1.54, 1.807) is 30.6 Å². The lowest BCUT2D eigenvalue weighted by molar-refractivity contribution is -0.138. The van der Waals surface area contributed by atoms with E-state index in [9.17, 15) is 22.8 Å². The first kappa shape index (κ1) is 21.8. The van der Waals surface area contributed by atoms with Gasteiger partial charge in [-0.15, -0.1) is 0 Å². The molecule has 0 fully saturated rings. The summed E-state index contributed by atoms with van der Waals surface area (Å²) in [6.45, 7) is -0.257. The second kappa shape index (κ2) is 9.71. The quantitative estimate of drug-likeness (QED) is 0.564. The van der Waals surface area contributed by atoms with Crippen molar-refractivity contribution < 1.29 is 22.8 Å². The number of nitrogens with zero attached hydrogens (tertiary/aromatic N) is 1. The van der Waals surface area contributed by atoms with Crippen molar-refractivity contribution >= 4 is 23.6 Å². The molecule has 158 valence electrons. The van der Waals surface area contributed by atoms with Gasteiger partial charge in [0.1, 0.15) is 0 Å². The van der Waals surface area contributed by atoms with Crippen LogP contribution in [0.3, 0.4) is 0 Å². The Balaban J connectivity index is 1.57. The normalized spacial score (nSPS) is 11.3. The molecule has 0 atom stereocenters. The Labute approximate surface area is 176 Å². The summed E-state index contributed by atoms with van der Waals surface area (Å²) in [7, 11) is 0. The van der Waals surface area contributed by atoms with Crippen LogP contribution in [0.2, 0.25) is 0 Å². The van der Waals surface area contributed by atoms with Gasteiger partial charge in [-0.3, -0.25) is 14.6 Å². The molecule has 0 aliphatic rings. The van der Waals surface area contributed by atoms with Crippen molar-refractivity contribution in [3.63, 3.8) is 0 Å². The minimum absolute atomic E-state index is 0.0202. The molecule has 0 spiro atoms. The molecule has 2 N–H and O–H groups in total. The second-order valence-corrected chi connectivity index (χ2v) is 6.52. The number of alkyl halides is 3. The summed E-state index contributed by atoms with van der Waals surface area (Å²) in [5.74, 6) is -0.870. The Bertz CT molecular complexity index is 1080. The van der Waals surface area contributed by atoms with Crippen LogP contribution >= 0.6 is 0 Å². The SMILES string of the molecule is O=C(C=Cc1ccncc1)Nc1ccc(C(=O)NCc2ccccc2C(F)(F)F)cc1. The first-order chi connectivity index (χ1) is 14.8. The van der Waals surface area contributed by atoms with Gasteiger partial charge in [-0.05, 0) is 59.7 Å². The van der Waals surface area contributed by atoms with E-state index in [0.29, 0.717) is 5.69 Å². The fraction of sp³-hybridized carbons (Fsp3) is 0.0870. The van der Waals surface area contributed by atoms with E-state index in [-0.39, 0.29) is 23.6 Å². The number of anilines is 1. The number of rotatable bonds is 6. The van der Waals surface area contributed by atoms with Gasteiger partial charge in [0.05, 0.1) is 5.56 Å². The number of pyridine rings is 1. The maximum absolute atomic E-state index is 13.0. The number of carbonyl (C=O) groups is 2. The molecule has 3 aromatic rings. The second-order valence-electron chi connectivity index (χ2n) is 6.52. The van der Waals surface area contributed by atoms with Crippen molar-refractivity contribution in [2.45, 2.75) is 12.7 Å². The van der Waals surface area contributed by atoms with Crippen LogP contribution < -0.4 is 10.6 Å². The molecule has 2 amide bonds. The van der Waals surface area contributed by atoms with Crippen LogP contribution in [0.5, 0.6) is 0 Å². The van der Waals surface area contributed by atoms with Gasteiger partial charge in [-0.2, -0.15) is 13.2 Å². The fourth-order valence-corrected chi connectivity index (χ4v) is 2.76. The van der Waals surface area contributed by atoms with E-state index < -0.39 is 17.6 Å². The van der Waals surface area contributed by atoms with Gasteiger partial charge in [-0.1, -0.05) is 18.2 Å². The highest BCUT2D eigenvalue weighted by molar-refractivity contribution is 6.02. The molecule has 8 heteroatoms. The maximum atomic E-state index is 13.0. The predicted octanol–water partition coefficient (Wildman–Crippen LogP) is 4.68. The van der Waals surface area contributed by atoms with Gasteiger partial charge in [0.15, 0.2) is 0 Å². The minimum atomic E-state index is -4.49. The van der Waals surface area contributed by atoms with Crippen molar-refractivity contribution in [3.05, 3.63) is 101 Å². The molecule has 0 unspecified atom stereocenters. The first-order valence-electron chi connectivity index (χ1n) is 9.25. The summed E-state index contributed by atoms with van der Waals surface area (Å²) < 4.78 is 39.1. The standard InChI is InChI=1S/C23H18F3N3O2/c24-23(25,26)20-4-2-1-3-18(20)15-28-22(31)17-6-8-19(9-7-17)29-21(30)10-5-16-11-13-27-14-12-16/h1-14H,15H2,(H,28,31)(H,29,30). The molecule has 0 saturated carbocycles. The van der Waals surface area contributed by atoms with E-state index in [0.717, 1.165) is 11.6 Å². The van der Waals surface area contributed by atoms with Crippen LogP contribution in [0.4, 0.5) is 18.9 Å². The van der Waals surface area contributed by atoms with Crippen molar-refractivity contribution in [1.82, 2.24) is 10.3 Å². The number of amides is 2. The van der Waals surface area contributed by atoms with E-state index in [4.69, 9.17) is 0 Å². The smallest absolute Gasteiger partial charge is 0.348 e. The van der Waals surface area contributed by atoms with Crippen LogP contribution in [0.15, 0.2) is 79.1 Å². The lowest BCUT2D eigenvalue weighted by Gasteiger charge is -2.13. The number of benzene rings is 2. The topological polar surface area (TPSA) is 71.1 Å². The molecule has 31 heavy (non-hydrogen) atoms. The molecule has 2 aromatic carbocycles. The van der Waals surface area contributed by atoms with Gasteiger partial charge in [0.2, 0.25) is 5.91 Å². The van der Waals surface area contributed by atoms with Gasteiger partial charge in [0, 0.05) is 36.3 Å². The van der Waals surface area contributed by atoms with E-state index >= 15 is 0 Å². The highest BCUT2D eigenvalue weighted by atomic mass is 19.4. The largest absolute Gasteiger partial charge is 0.416 e. The fourth-order valence-electron chi connectivity index (χ4n) is 2.76. The van der Waals surface area contributed by atoms with Crippen LogP contribution in [-0.4, -0.2) is 16.8 Å². The van der Waals surface area contributed by atoms with Crippen LogP contribution in [0.25, 0.3) is 6.08 Å². The summed E-state index contributed by atoms with van der Waals surface area (Å²) in [4.78, 5) is 28.2. The number of hydrogen-bond donors (Lipinski definition) is 2. The molecule has 0 aliphatic carbocycles. The van der Waals surface area contributed by atoms with E-state index in [1.165, 1.54) is 48.5 Å². The van der Waals surface area contributed by atoms with Crippen molar-refractivity contribution in [2.24, 2.45) is 0 Å². The number of aromatic nitrogens is 1. The maximum Gasteiger partial charge on any atom is 0.416 e. The Hall–Kier alpha value is -3.94. The average Bonchev–Trinajstić information content (AvgIpc) is 2.77. The molecule has 0 bridgehead atoms. The lowest BCUT2D eigenvalue weighted by atomic mass is 10.1. The summed E-state index contributed by atoms with van der Waals surface area (Å²) >= 11 is 0. The lowest BCUT2D eigenvalue weighted by Crippen LogP contribution is -2.24. The number of carbonyl (C=O) groups excluding carboxylic acids is 2. The summed E-state index contributed by atoms with van der Waals surface area (Å²) in [6.07, 6.45) is 1.74. The Morgan fingerprint density at radius 1 is 0.935 bits per heavy atom. The molecule has 1 heterocycles. The van der Waals surface area contributed by atoms with Gasteiger partial charge in [0.25, 0.3) is 5.91 Å². The zero-order chi connectivity index (χ0) is 22.3. The van der Waals surface area contributed by atoms with E-state index in [1.807, 2.05) is 0 Å². The monoisotopic (exact) mass is 425 g/mol. The summed E-state index contributed by atoms with van der Waals surface area (Å²) in [5.41, 5.74) is 0.754. The summed E-state index contributed by atoms with van der Waals surface area (Å²) in [5, 5.41) is 5.15. The Morgan fingerprint density at radius 2 is 1.61 bits per heavy atom. The molecule has 0 saturated heterocycles. The number of hydrogen-bond acceptors (Lipinski definition) is 3. The van der Waals surface area contributed by atoms with Crippen molar-refractivity contribution in [1.29, 1.82) is 0 Å². The molecule has 3 rings (SSSR count). The molecule has 0 radical (unpaired) electrons. The molecular formula is C23H18F3N3O2. The average molecular weight is 425 g/mol. The molecular weight excluding hydrogens is 407 g/mol. The number of halogens is 3. The Morgan fingerprint density at radius 3 is 2.29 bits per heavy atom. The third kappa shape index (κ3) is 6.27. The first-order valence-corrected chi connectivity index (χ1v) is 9.25. The van der Waals surface area contributed by atoms with Crippen molar-refractivity contribution in [3.8, 4) is 0 Å². The molecule has 5 nitrogen and oxygen atoms in total.